The minimum absolute atomic E-state index is 0.751. The zero-order chi connectivity index (χ0) is 13.9. The van der Waals surface area contributed by atoms with Crippen LogP contribution >= 0.6 is 12.6 Å². The number of hydrogen-bond donors (Lipinski definition) is 2. The van der Waals surface area contributed by atoms with Gasteiger partial charge in [0, 0.05) is 16.1 Å². The van der Waals surface area contributed by atoms with Gasteiger partial charge in [-0.25, -0.2) is 0 Å². The van der Waals surface area contributed by atoms with Crippen LogP contribution in [0.15, 0.2) is 77.7 Å². The van der Waals surface area contributed by atoms with Crippen LogP contribution < -0.4 is 5.73 Å². The molecule has 0 fully saturated rings. The van der Waals surface area contributed by atoms with Gasteiger partial charge in [-0.05, 0) is 22.8 Å². The Balaban J connectivity index is 2.22. The van der Waals surface area contributed by atoms with Crippen LogP contribution in [-0.2, 0) is 0 Å². The maximum atomic E-state index is 6.15. The summed E-state index contributed by atoms with van der Waals surface area (Å²) in [4.78, 5) is 0.919. The van der Waals surface area contributed by atoms with Crippen LogP contribution in [0.25, 0.3) is 22.3 Å². The highest BCUT2D eigenvalue weighted by Gasteiger charge is 2.11. The number of thiol groups is 1. The third kappa shape index (κ3) is 2.30. The second kappa shape index (κ2) is 5.43. The Morgan fingerprint density at radius 1 is 0.650 bits per heavy atom. The van der Waals surface area contributed by atoms with Crippen molar-refractivity contribution in [2.45, 2.75) is 4.90 Å². The van der Waals surface area contributed by atoms with Crippen LogP contribution in [0.1, 0.15) is 0 Å². The maximum absolute atomic E-state index is 6.15. The molecule has 0 aliphatic carbocycles. The minimum Gasteiger partial charge on any atom is -0.398 e. The van der Waals surface area contributed by atoms with Crippen LogP contribution in [0.3, 0.4) is 0 Å². The highest BCUT2D eigenvalue weighted by molar-refractivity contribution is 7.80. The summed E-state index contributed by atoms with van der Waals surface area (Å²) in [5.74, 6) is 0. The van der Waals surface area contributed by atoms with E-state index in [0.717, 1.165) is 32.8 Å². The fourth-order valence-corrected chi connectivity index (χ4v) is 2.83. The third-order valence-electron chi connectivity index (χ3n) is 3.36. The zero-order valence-electron chi connectivity index (χ0n) is 11.0. The highest BCUT2D eigenvalue weighted by Crippen LogP contribution is 2.38. The number of nitrogens with two attached hydrogens (primary N) is 1. The van der Waals surface area contributed by atoms with Crippen molar-refractivity contribution in [1.82, 2.24) is 0 Å². The van der Waals surface area contributed by atoms with E-state index in [2.05, 4.69) is 24.3 Å². The minimum atomic E-state index is 0.751. The van der Waals surface area contributed by atoms with E-state index in [1.807, 2.05) is 48.5 Å². The molecular weight excluding hydrogens is 262 g/mol. The van der Waals surface area contributed by atoms with E-state index in [9.17, 15) is 0 Å². The summed E-state index contributed by atoms with van der Waals surface area (Å²) in [5, 5.41) is 0. The molecule has 0 aliphatic rings. The Kier molecular flexibility index (Phi) is 3.48. The first-order valence-corrected chi connectivity index (χ1v) is 6.94. The average Bonchev–Trinajstić information content (AvgIpc) is 2.49. The second-order valence-electron chi connectivity index (χ2n) is 4.66. The summed E-state index contributed by atoms with van der Waals surface area (Å²) < 4.78 is 0. The van der Waals surface area contributed by atoms with Gasteiger partial charge in [-0.15, -0.1) is 12.6 Å². The largest absolute Gasteiger partial charge is 0.398 e. The van der Waals surface area contributed by atoms with E-state index < -0.39 is 0 Å². The molecule has 3 rings (SSSR count). The summed E-state index contributed by atoms with van der Waals surface area (Å²) >= 11 is 4.72. The fourth-order valence-electron chi connectivity index (χ4n) is 2.37. The Bertz CT molecular complexity index is 721. The van der Waals surface area contributed by atoms with Crippen molar-refractivity contribution >= 4 is 18.3 Å². The molecule has 0 bridgehead atoms. The zero-order valence-corrected chi connectivity index (χ0v) is 11.8. The molecule has 0 aromatic heterocycles. The molecule has 0 saturated heterocycles. The Labute approximate surface area is 124 Å². The Morgan fingerprint density at radius 2 is 1.20 bits per heavy atom. The third-order valence-corrected chi connectivity index (χ3v) is 3.82. The normalized spacial score (nSPS) is 10.4. The van der Waals surface area contributed by atoms with Gasteiger partial charge in [0.2, 0.25) is 0 Å². The summed E-state index contributed by atoms with van der Waals surface area (Å²) in [6.07, 6.45) is 0. The first-order chi connectivity index (χ1) is 9.77. The number of benzene rings is 3. The van der Waals surface area contributed by atoms with Crippen molar-refractivity contribution in [2.75, 3.05) is 5.73 Å². The van der Waals surface area contributed by atoms with E-state index in [1.165, 1.54) is 0 Å². The molecule has 0 aliphatic heterocycles. The summed E-state index contributed by atoms with van der Waals surface area (Å²) in [6, 6.07) is 24.3. The Morgan fingerprint density at radius 3 is 1.80 bits per heavy atom. The lowest BCUT2D eigenvalue weighted by Crippen LogP contribution is -1.93. The molecular formula is C18H15NS. The highest BCUT2D eigenvalue weighted by atomic mass is 32.1. The lowest BCUT2D eigenvalue weighted by molar-refractivity contribution is 1.44. The average molecular weight is 277 g/mol. The molecule has 98 valence electrons. The van der Waals surface area contributed by atoms with Gasteiger partial charge in [0.15, 0.2) is 0 Å². The number of nitrogen functional groups attached to an aromatic ring is 1. The molecule has 0 spiro atoms. The second-order valence-corrected chi connectivity index (χ2v) is 5.11. The lowest BCUT2D eigenvalue weighted by atomic mass is 9.97. The molecule has 0 saturated carbocycles. The monoisotopic (exact) mass is 277 g/mol. The molecule has 0 unspecified atom stereocenters. The standard InChI is InChI=1S/C18H15NS/c19-16-12-11-15(13-7-3-1-4-8-13)18(20)17(16)14-9-5-2-6-10-14/h1-12,20H,19H2. The van der Waals surface area contributed by atoms with E-state index in [4.69, 9.17) is 18.4 Å². The van der Waals surface area contributed by atoms with Gasteiger partial charge >= 0.3 is 0 Å². The van der Waals surface area contributed by atoms with E-state index >= 15 is 0 Å². The van der Waals surface area contributed by atoms with E-state index in [0.29, 0.717) is 0 Å². The van der Waals surface area contributed by atoms with E-state index in [-0.39, 0.29) is 0 Å². The van der Waals surface area contributed by atoms with Gasteiger partial charge in [0.25, 0.3) is 0 Å². The summed E-state index contributed by atoms with van der Waals surface area (Å²) in [6.45, 7) is 0. The van der Waals surface area contributed by atoms with Crippen LogP contribution in [-0.4, -0.2) is 0 Å². The van der Waals surface area contributed by atoms with Crippen molar-refractivity contribution in [1.29, 1.82) is 0 Å². The van der Waals surface area contributed by atoms with Gasteiger partial charge in [0.05, 0.1) is 0 Å². The quantitative estimate of drug-likeness (QED) is 0.506. The van der Waals surface area contributed by atoms with Crippen molar-refractivity contribution in [3.05, 3.63) is 72.8 Å². The van der Waals surface area contributed by atoms with Gasteiger partial charge in [-0.2, -0.15) is 0 Å². The van der Waals surface area contributed by atoms with Crippen molar-refractivity contribution in [3.8, 4) is 22.3 Å². The van der Waals surface area contributed by atoms with Crippen LogP contribution in [0.4, 0.5) is 5.69 Å². The topological polar surface area (TPSA) is 26.0 Å². The Hall–Kier alpha value is -2.19. The number of anilines is 1. The molecule has 0 radical (unpaired) electrons. The van der Waals surface area contributed by atoms with Gasteiger partial charge in [0.1, 0.15) is 0 Å². The lowest BCUT2D eigenvalue weighted by Gasteiger charge is -2.14. The molecule has 3 aromatic carbocycles. The predicted molar refractivity (Wildman–Crippen MR) is 89.0 cm³/mol. The fraction of sp³-hybridized carbons (Fsp3) is 0. The maximum Gasteiger partial charge on any atom is 0.0405 e. The molecule has 1 nitrogen and oxygen atoms in total. The van der Waals surface area contributed by atoms with Gasteiger partial charge < -0.3 is 5.73 Å². The smallest absolute Gasteiger partial charge is 0.0405 e. The number of hydrogen-bond acceptors (Lipinski definition) is 2. The molecule has 0 atom stereocenters. The molecule has 2 N–H and O–H groups in total. The molecule has 0 heterocycles. The summed E-state index contributed by atoms with van der Waals surface area (Å²) in [5.41, 5.74) is 11.2. The van der Waals surface area contributed by atoms with Crippen LogP contribution in [0, 0.1) is 0 Å². The van der Waals surface area contributed by atoms with Crippen LogP contribution in [0.5, 0.6) is 0 Å². The SMILES string of the molecule is Nc1ccc(-c2ccccc2)c(S)c1-c1ccccc1. The molecule has 20 heavy (non-hydrogen) atoms. The summed E-state index contributed by atoms with van der Waals surface area (Å²) in [7, 11) is 0. The van der Waals surface area contributed by atoms with Crippen molar-refractivity contribution in [2.24, 2.45) is 0 Å². The molecule has 2 heteroatoms. The van der Waals surface area contributed by atoms with Crippen molar-refractivity contribution < 1.29 is 0 Å². The molecule has 3 aromatic rings. The molecule has 0 amide bonds. The van der Waals surface area contributed by atoms with Crippen molar-refractivity contribution in [3.63, 3.8) is 0 Å². The van der Waals surface area contributed by atoms with E-state index in [1.54, 1.807) is 0 Å². The first kappa shape index (κ1) is 12.8. The first-order valence-electron chi connectivity index (χ1n) is 6.49. The predicted octanol–water partition coefficient (Wildman–Crippen LogP) is 4.89. The number of rotatable bonds is 2. The van der Waals surface area contributed by atoms with Gasteiger partial charge in [-0.1, -0.05) is 66.7 Å². The van der Waals surface area contributed by atoms with Crippen LogP contribution in [0.2, 0.25) is 0 Å². The van der Waals surface area contributed by atoms with Gasteiger partial charge in [-0.3, -0.25) is 0 Å².